The van der Waals surface area contributed by atoms with Crippen LogP contribution < -0.4 is 0 Å². The summed E-state index contributed by atoms with van der Waals surface area (Å²) in [4.78, 5) is 0. The molecule has 3 aliphatic carbocycles. The van der Waals surface area contributed by atoms with Crippen molar-refractivity contribution in [1.82, 2.24) is 0 Å². The molecule has 10 heavy (non-hydrogen) atoms. The third-order valence-corrected chi connectivity index (χ3v) is 4.60. The summed E-state index contributed by atoms with van der Waals surface area (Å²) in [5.74, 6) is 0. The van der Waals surface area contributed by atoms with E-state index in [2.05, 4.69) is 0 Å². The van der Waals surface area contributed by atoms with Crippen molar-refractivity contribution in [2.45, 2.75) is 51.4 Å². The van der Waals surface area contributed by atoms with Crippen molar-refractivity contribution in [3.8, 4) is 0 Å². The maximum atomic E-state index is 1.59. The highest BCUT2D eigenvalue weighted by Crippen LogP contribution is 2.74. The highest BCUT2D eigenvalue weighted by molar-refractivity contribution is 5.13. The molecule has 2 spiro atoms. The summed E-state index contributed by atoms with van der Waals surface area (Å²) in [5.41, 5.74) is 1.86. The van der Waals surface area contributed by atoms with E-state index in [0.717, 1.165) is 10.8 Å². The first kappa shape index (κ1) is 5.62. The van der Waals surface area contributed by atoms with Crippen molar-refractivity contribution in [3.63, 3.8) is 0 Å². The molecule has 0 aliphatic heterocycles. The van der Waals surface area contributed by atoms with Crippen molar-refractivity contribution >= 4 is 0 Å². The van der Waals surface area contributed by atoms with Crippen LogP contribution in [0.3, 0.4) is 0 Å². The second-order valence-electron chi connectivity index (χ2n) is 4.77. The Bertz CT molecular complexity index is 161. The molecular weight excluding hydrogens is 120 g/mol. The summed E-state index contributed by atoms with van der Waals surface area (Å²) in [6.07, 6.45) is 12.6. The molecule has 0 aromatic carbocycles. The molecule has 0 radical (unpaired) electrons. The number of fused-ring (bicyclic) bond motifs is 1. The van der Waals surface area contributed by atoms with Crippen LogP contribution in [-0.4, -0.2) is 0 Å². The zero-order valence-corrected chi connectivity index (χ0v) is 6.66. The van der Waals surface area contributed by atoms with E-state index in [1.165, 1.54) is 0 Å². The van der Waals surface area contributed by atoms with Gasteiger partial charge in [-0.1, -0.05) is 12.8 Å². The van der Waals surface area contributed by atoms with Gasteiger partial charge < -0.3 is 0 Å². The molecular formula is C10H16. The lowest BCUT2D eigenvalue weighted by atomic mass is 9.61. The molecule has 3 fully saturated rings. The van der Waals surface area contributed by atoms with Crippen molar-refractivity contribution in [1.29, 1.82) is 0 Å². The summed E-state index contributed by atoms with van der Waals surface area (Å²) in [7, 11) is 0. The second kappa shape index (κ2) is 1.44. The van der Waals surface area contributed by atoms with Gasteiger partial charge in [-0.05, 0) is 49.4 Å². The molecule has 0 bridgehead atoms. The van der Waals surface area contributed by atoms with E-state index in [0.29, 0.717) is 0 Å². The molecule has 3 rings (SSSR count). The quantitative estimate of drug-likeness (QED) is 0.480. The summed E-state index contributed by atoms with van der Waals surface area (Å²) >= 11 is 0. The molecule has 0 nitrogen and oxygen atoms in total. The first-order valence-corrected chi connectivity index (χ1v) is 4.87. The number of rotatable bonds is 0. The Labute approximate surface area is 63.0 Å². The van der Waals surface area contributed by atoms with Gasteiger partial charge in [-0.2, -0.15) is 0 Å². The lowest BCUT2D eigenvalue weighted by Gasteiger charge is -2.44. The van der Waals surface area contributed by atoms with Crippen LogP contribution in [0.1, 0.15) is 51.4 Å². The average Bonchev–Trinajstić information content (AvgIpc) is 2.40. The van der Waals surface area contributed by atoms with E-state index in [1.54, 1.807) is 51.4 Å². The highest BCUT2D eigenvalue weighted by Gasteiger charge is 2.63. The smallest absolute Gasteiger partial charge is 0.0241 e. The van der Waals surface area contributed by atoms with E-state index in [1.807, 2.05) is 0 Å². The summed E-state index contributed by atoms with van der Waals surface area (Å²) in [5, 5.41) is 0. The van der Waals surface area contributed by atoms with Gasteiger partial charge in [-0.25, -0.2) is 0 Å². The van der Waals surface area contributed by atoms with Gasteiger partial charge >= 0.3 is 0 Å². The second-order valence-corrected chi connectivity index (χ2v) is 4.77. The minimum Gasteiger partial charge on any atom is -0.0522 e. The summed E-state index contributed by atoms with van der Waals surface area (Å²) in [6, 6.07) is 0. The SMILES string of the molecule is C1CC2(C1)CCCC21CC1. The van der Waals surface area contributed by atoms with Crippen molar-refractivity contribution in [2.24, 2.45) is 10.8 Å². The molecule has 0 unspecified atom stereocenters. The molecule has 0 heteroatoms. The van der Waals surface area contributed by atoms with Crippen molar-refractivity contribution in [2.75, 3.05) is 0 Å². The first-order valence-electron chi connectivity index (χ1n) is 4.87. The largest absolute Gasteiger partial charge is 0.0522 e. The van der Waals surface area contributed by atoms with Crippen LogP contribution >= 0.6 is 0 Å². The van der Waals surface area contributed by atoms with Crippen LogP contribution in [0.4, 0.5) is 0 Å². The molecule has 0 atom stereocenters. The monoisotopic (exact) mass is 136 g/mol. The standard InChI is InChI=1S/C10H16/c1-3-9(4-1)5-2-6-10(9)7-8-10/h1-8H2. The maximum absolute atomic E-state index is 1.59. The van der Waals surface area contributed by atoms with Crippen LogP contribution in [0.15, 0.2) is 0 Å². The van der Waals surface area contributed by atoms with E-state index >= 15 is 0 Å². The third-order valence-electron chi connectivity index (χ3n) is 4.60. The van der Waals surface area contributed by atoms with Gasteiger partial charge in [0, 0.05) is 0 Å². The normalized spacial score (nSPS) is 38.4. The summed E-state index contributed by atoms with van der Waals surface area (Å²) in [6.45, 7) is 0. The Morgan fingerprint density at radius 2 is 0.900 bits per heavy atom. The van der Waals surface area contributed by atoms with E-state index < -0.39 is 0 Å². The Kier molecular flexibility index (Phi) is 0.810. The summed E-state index contributed by atoms with van der Waals surface area (Å²) < 4.78 is 0. The van der Waals surface area contributed by atoms with Crippen LogP contribution in [0, 0.1) is 10.8 Å². The van der Waals surface area contributed by atoms with Crippen LogP contribution in [0.25, 0.3) is 0 Å². The van der Waals surface area contributed by atoms with Crippen molar-refractivity contribution < 1.29 is 0 Å². The van der Waals surface area contributed by atoms with Gasteiger partial charge in [0.2, 0.25) is 0 Å². The minimum atomic E-state index is 0.924. The van der Waals surface area contributed by atoms with E-state index in [9.17, 15) is 0 Å². The van der Waals surface area contributed by atoms with E-state index in [4.69, 9.17) is 0 Å². The predicted octanol–water partition coefficient (Wildman–Crippen LogP) is 3.12. The lowest BCUT2D eigenvalue weighted by Crippen LogP contribution is -2.34. The molecule has 0 heterocycles. The molecule has 0 saturated heterocycles. The average molecular weight is 136 g/mol. The fraction of sp³-hybridized carbons (Fsp3) is 1.00. The maximum Gasteiger partial charge on any atom is -0.0241 e. The molecule has 3 saturated carbocycles. The Hall–Kier alpha value is 0. The Balaban J connectivity index is 1.94. The first-order chi connectivity index (χ1) is 4.87. The van der Waals surface area contributed by atoms with Gasteiger partial charge in [0.05, 0.1) is 0 Å². The van der Waals surface area contributed by atoms with Gasteiger partial charge in [-0.15, -0.1) is 0 Å². The molecule has 0 aromatic rings. The highest BCUT2D eigenvalue weighted by atomic mass is 14.7. The lowest BCUT2D eigenvalue weighted by molar-refractivity contribution is 0.0616. The van der Waals surface area contributed by atoms with Gasteiger partial charge in [-0.3, -0.25) is 0 Å². The molecule has 0 aromatic heterocycles. The minimum absolute atomic E-state index is 0.924. The Morgan fingerprint density at radius 1 is 0.500 bits per heavy atom. The number of hydrogen-bond acceptors (Lipinski definition) is 0. The van der Waals surface area contributed by atoms with Crippen LogP contribution in [0.5, 0.6) is 0 Å². The van der Waals surface area contributed by atoms with Gasteiger partial charge in [0.1, 0.15) is 0 Å². The topological polar surface area (TPSA) is 0 Å². The fourth-order valence-electron chi connectivity index (χ4n) is 3.61. The van der Waals surface area contributed by atoms with Crippen LogP contribution in [-0.2, 0) is 0 Å². The van der Waals surface area contributed by atoms with Crippen molar-refractivity contribution in [3.05, 3.63) is 0 Å². The zero-order valence-electron chi connectivity index (χ0n) is 6.66. The van der Waals surface area contributed by atoms with Gasteiger partial charge in [0.15, 0.2) is 0 Å². The van der Waals surface area contributed by atoms with Crippen LogP contribution in [0.2, 0.25) is 0 Å². The third kappa shape index (κ3) is 0.436. The van der Waals surface area contributed by atoms with Gasteiger partial charge in [0.25, 0.3) is 0 Å². The Morgan fingerprint density at radius 3 is 1.20 bits per heavy atom. The molecule has 0 N–H and O–H groups in total. The molecule has 56 valence electrons. The molecule has 3 aliphatic rings. The number of hydrogen-bond donors (Lipinski definition) is 0. The van der Waals surface area contributed by atoms with E-state index in [-0.39, 0.29) is 0 Å². The fourth-order valence-corrected chi connectivity index (χ4v) is 3.61. The zero-order chi connectivity index (χ0) is 6.66. The molecule has 0 amide bonds. The predicted molar refractivity (Wildman–Crippen MR) is 41.8 cm³/mol.